The van der Waals surface area contributed by atoms with Gasteiger partial charge in [0.15, 0.2) is 56.1 Å². The minimum Gasteiger partial charge on any atom is -0.463 e. The molecule has 0 spiro atoms. The van der Waals surface area contributed by atoms with Crippen molar-refractivity contribution < 1.29 is 148 Å². The Morgan fingerprint density at radius 1 is 0.384 bits per heavy atom. The van der Waals surface area contributed by atoms with E-state index in [1.807, 2.05) is 140 Å². The minimum absolute atomic E-state index is 0.0190. The number of amides is 4. The fourth-order valence-corrected chi connectivity index (χ4v) is 18.4. The maximum atomic E-state index is 16.4. The van der Waals surface area contributed by atoms with Gasteiger partial charge in [0, 0.05) is 51.3 Å². The predicted molar refractivity (Wildman–Crippen MR) is 481 cm³/mol. The molecule has 16 rings (SSSR count). The predicted octanol–water partition coefficient (Wildman–Crippen LogP) is 10.8. The molecule has 8 aromatic carbocycles. The van der Waals surface area contributed by atoms with Crippen LogP contribution in [-0.2, 0) is 152 Å². The molecule has 0 aliphatic carbocycles. The standard InChI is InChI=1S/C102H111N5O31/c1-59-82(122-52-66-36-18-10-19-37-66)89(123-53-67-38-20-11-21-39-67)91(124-54-68-40-22-12-23-41-68)101(126-59)136-84-75(56-119-51-65-34-16-9-17-35-65)131-99(79(107-95(116)72-46-28-29-47-73(72)96(107)117)87(84)137-102-92(129-63(5)111)90(128-62(4)110)86(127-61(3)109)76(133-102)57-121-60(2)108)138-88-81(113)100(132-77-58-125-97(135-85(77)88)69-42-24-13-25-43-69)134-83-74(55-118-50-64-32-14-8-15-33-64)130-98(120-49-31-7-6-30-48-104-105-103)78(80(83)112)106-93(114)70-44-26-27-45-71(70)94(106)115/h8-29,32-47,59,74-92,97-102,112-113H,6-7,30-31,48-58H2,1-5H3/t59-,74+,75+,76+,77+,78+,79+,80+,81+,82+,83+,84+,85-,86-,87+,88+,89+,90-,91-,92+,97-,98+,99-,100-,101-,102-/m0/s1. The Morgan fingerprint density at radius 3 is 1.33 bits per heavy atom. The highest BCUT2D eigenvalue weighted by Crippen LogP contribution is 2.46. The van der Waals surface area contributed by atoms with Crippen LogP contribution in [0.15, 0.2) is 236 Å². The molecule has 0 radical (unpaired) electrons. The highest BCUT2D eigenvalue weighted by molar-refractivity contribution is 6.22. The number of carbonyl (C=O) groups excluding carboxylic acids is 8. The Bertz CT molecular complexity index is 5380. The summed E-state index contributed by atoms with van der Waals surface area (Å²) in [6.45, 7) is 3.82. The third-order valence-corrected chi connectivity index (χ3v) is 24.9. The van der Waals surface area contributed by atoms with Gasteiger partial charge in [0.25, 0.3) is 23.6 Å². The number of azide groups is 1. The van der Waals surface area contributed by atoms with E-state index in [2.05, 4.69) is 10.0 Å². The maximum absolute atomic E-state index is 16.4. The first-order valence-electron chi connectivity index (χ1n) is 46.1. The zero-order valence-corrected chi connectivity index (χ0v) is 76.5. The fraction of sp³-hybridized carbons (Fsp3) is 0.451. The number of unbranched alkanes of at least 4 members (excludes halogenated alkanes) is 3. The van der Waals surface area contributed by atoms with Gasteiger partial charge >= 0.3 is 23.9 Å². The van der Waals surface area contributed by atoms with Gasteiger partial charge in [0.2, 0.25) is 0 Å². The summed E-state index contributed by atoms with van der Waals surface area (Å²) in [5, 5.41) is 31.4. The lowest BCUT2D eigenvalue weighted by molar-refractivity contribution is -0.411. The fourth-order valence-electron chi connectivity index (χ4n) is 18.4. The van der Waals surface area contributed by atoms with Gasteiger partial charge in [0.05, 0.1) is 81.2 Å². The Morgan fingerprint density at radius 2 is 0.804 bits per heavy atom. The first kappa shape index (κ1) is 99.5. The summed E-state index contributed by atoms with van der Waals surface area (Å²) in [5.74, 6) is -7.48. The number of nitrogens with zero attached hydrogens (tertiary/aromatic N) is 5. The highest BCUT2D eigenvalue weighted by atomic mass is 16.8. The average molecular weight is 1900 g/mol. The molecular weight excluding hydrogens is 1790 g/mol. The maximum Gasteiger partial charge on any atom is 0.303 e. The van der Waals surface area contributed by atoms with E-state index in [0.717, 1.165) is 54.2 Å². The third kappa shape index (κ3) is 24.0. The van der Waals surface area contributed by atoms with Crippen molar-refractivity contribution in [1.29, 1.82) is 0 Å². The molecule has 6 saturated heterocycles. The van der Waals surface area contributed by atoms with Crippen molar-refractivity contribution >= 4 is 47.5 Å². The number of imide groups is 2. The van der Waals surface area contributed by atoms with Gasteiger partial charge in [0.1, 0.15) is 104 Å². The van der Waals surface area contributed by atoms with Gasteiger partial charge in [-0.15, -0.1) is 0 Å². The van der Waals surface area contributed by atoms with Crippen LogP contribution in [0.4, 0.5) is 0 Å². The molecule has 730 valence electrons. The Balaban J connectivity index is 0.860. The molecule has 8 aliphatic rings. The van der Waals surface area contributed by atoms with Gasteiger partial charge in [-0.05, 0) is 77.4 Å². The lowest BCUT2D eigenvalue weighted by Crippen LogP contribution is -2.72. The summed E-state index contributed by atoms with van der Waals surface area (Å²) in [7, 11) is 0. The summed E-state index contributed by atoms with van der Waals surface area (Å²) in [4.78, 5) is 122. The number of aliphatic hydroxyl groups is 2. The van der Waals surface area contributed by atoms with Crippen molar-refractivity contribution in [1.82, 2.24) is 9.80 Å². The molecule has 8 aromatic rings. The second-order valence-corrected chi connectivity index (χ2v) is 34.5. The molecular formula is C102H111N5O31. The van der Waals surface area contributed by atoms with Crippen LogP contribution in [0, 0.1) is 0 Å². The van der Waals surface area contributed by atoms with Crippen molar-refractivity contribution in [3.05, 3.63) is 297 Å². The van der Waals surface area contributed by atoms with Crippen LogP contribution < -0.4 is 0 Å². The number of carbonyl (C=O) groups is 8. The molecule has 0 bridgehead atoms. The van der Waals surface area contributed by atoms with Gasteiger partial charge in [-0.1, -0.05) is 224 Å². The molecule has 138 heavy (non-hydrogen) atoms. The van der Waals surface area contributed by atoms with Gasteiger partial charge < -0.3 is 110 Å². The lowest BCUT2D eigenvalue weighted by atomic mass is 9.92. The van der Waals surface area contributed by atoms with Crippen LogP contribution in [0.1, 0.15) is 141 Å². The van der Waals surface area contributed by atoms with E-state index in [1.54, 1.807) is 61.5 Å². The van der Waals surface area contributed by atoms with Crippen LogP contribution in [-0.4, -0.2) is 261 Å². The Kier molecular flexibility index (Phi) is 34.2. The molecule has 36 heteroatoms. The highest BCUT2D eigenvalue weighted by Gasteiger charge is 2.65. The van der Waals surface area contributed by atoms with Crippen LogP contribution in [0.2, 0.25) is 0 Å². The quantitative estimate of drug-likeness (QED) is 0.00683. The number of esters is 4. The lowest BCUT2D eigenvalue weighted by Gasteiger charge is -2.54. The van der Waals surface area contributed by atoms with Gasteiger partial charge in [-0.25, -0.2) is 0 Å². The molecule has 4 amide bonds. The number of benzene rings is 8. The molecule has 2 N–H and O–H groups in total. The molecule has 0 saturated carbocycles. The minimum atomic E-state index is -2.23. The summed E-state index contributed by atoms with van der Waals surface area (Å²) in [6.07, 6.45) is -38.9. The van der Waals surface area contributed by atoms with Crippen LogP contribution >= 0.6 is 0 Å². The van der Waals surface area contributed by atoms with E-state index >= 15 is 9.59 Å². The second kappa shape index (κ2) is 47.4. The monoisotopic (exact) mass is 1900 g/mol. The van der Waals surface area contributed by atoms with Crippen LogP contribution in [0.25, 0.3) is 10.4 Å². The smallest absolute Gasteiger partial charge is 0.303 e. The zero-order chi connectivity index (χ0) is 96.3. The third-order valence-electron chi connectivity index (χ3n) is 24.9. The van der Waals surface area contributed by atoms with Crippen LogP contribution in [0.5, 0.6) is 0 Å². The van der Waals surface area contributed by atoms with Crippen molar-refractivity contribution in [2.75, 3.05) is 39.6 Å². The van der Waals surface area contributed by atoms with E-state index in [-0.39, 0.29) is 75.0 Å². The number of aliphatic hydroxyl groups excluding tert-OH is 2. The molecule has 26 atom stereocenters. The average Bonchev–Trinajstić information content (AvgIpc) is 1.35. The number of hydrogen-bond acceptors (Lipinski definition) is 32. The number of fused-ring (bicyclic) bond motifs is 3. The number of hydrogen-bond donors (Lipinski definition) is 2. The van der Waals surface area contributed by atoms with Crippen molar-refractivity contribution in [2.24, 2.45) is 5.11 Å². The molecule has 8 aliphatic heterocycles. The van der Waals surface area contributed by atoms with Crippen molar-refractivity contribution in [3.63, 3.8) is 0 Å². The largest absolute Gasteiger partial charge is 0.463 e. The normalized spacial score (nSPS) is 30.0. The first-order valence-corrected chi connectivity index (χ1v) is 46.1. The Labute approximate surface area is 795 Å². The summed E-state index contributed by atoms with van der Waals surface area (Å²) >= 11 is 0. The van der Waals surface area contributed by atoms with E-state index in [0.29, 0.717) is 42.4 Å². The second-order valence-electron chi connectivity index (χ2n) is 34.5. The van der Waals surface area contributed by atoms with Gasteiger partial charge in [-0.3, -0.25) is 48.2 Å². The molecule has 6 fully saturated rings. The van der Waals surface area contributed by atoms with E-state index < -0.39 is 227 Å². The topological polar surface area (TPSA) is 426 Å². The SMILES string of the molecule is CC(=O)OC[C@H]1O[C@@H](O[C@H]2[C@H](O[C@@H]3O[C@@H](C)[C@@H](OCc4ccccc4)[C@@H](OCc4ccccc4)[C@@H]3OCc3ccccc3)[C@@H](COCc3ccccc3)O[C@@H](O[C@@H]3[C@@H](O)[C@H](O[C@H]4[C@H](O)[C@@H](N5C(=O)c6ccccc6C5=O)[C@H](OCCCCCCN=[N+]=[N-])O[C@@H]4COCc4ccccc4)O[C@@H]4CO[C@H](c5ccccc5)O[C@H]34)[C@@H]2N2C(=O)c3ccccc3C2=O)[C@H](OC(C)=O)[C@@H](OC(C)=O)[C@H]1OC(C)=O. The summed E-state index contributed by atoms with van der Waals surface area (Å²) in [5.41, 5.74) is 12.8. The van der Waals surface area contributed by atoms with Gasteiger partial charge in [-0.2, -0.15) is 0 Å². The van der Waals surface area contributed by atoms with E-state index in [9.17, 15) is 39.0 Å². The Hall–Kier alpha value is -11.5. The van der Waals surface area contributed by atoms with Crippen molar-refractivity contribution in [3.8, 4) is 0 Å². The van der Waals surface area contributed by atoms with E-state index in [4.69, 9.17) is 105 Å². The molecule has 0 aromatic heterocycles. The summed E-state index contributed by atoms with van der Waals surface area (Å²) in [6, 6.07) is 63.0. The van der Waals surface area contributed by atoms with Crippen LogP contribution in [0.3, 0.4) is 0 Å². The number of ether oxygens (including phenoxy) is 21. The molecule has 8 heterocycles. The first-order chi connectivity index (χ1) is 67.1. The zero-order valence-electron chi connectivity index (χ0n) is 76.5. The molecule has 36 nitrogen and oxygen atoms in total. The molecule has 0 unspecified atom stereocenters. The number of rotatable bonds is 41. The van der Waals surface area contributed by atoms with Crippen molar-refractivity contribution in [2.45, 2.75) is 253 Å². The summed E-state index contributed by atoms with van der Waals surface area (Å²) < 4.78 is 144. The van der Waals surface area contributed by atoms with E-state index in [1.165, 1.54) is 36.4 Å².